The fraction of sp³-hybridized carbons (Fsp3) is 0.562. The molecule has 2 rings (SSSR count). The van der Waals surface area contributed by atoms with E-state index in [2.05, 4.69) is 34.4 Å². The second kappa shape index (κ2) is 7.42. The zero-order chi connectivity index (χ0) is 16.1. The van der Waals surface area contributed by atoms with Crippen molar-refractivity contribution >= 4 is 11.6 Å². The third-order valence-electron chi connectivity index (χ3n) is 3.76. The predicted molar refractivity (Wildman–Crippen MR) is 86.3 cm³/mol. The van der Waals surface area contributed by atoms with Gasteiger partial charge in [0.15, 0.2) is 17.6 Å². The first-order valence-electron chi connectivity index (χ1n) is 7.66. The molecule has 6 heteroatoms. The van der Waals surface area contributed by atoms with Crippen LogP contribution in [0.1, 0.15) is 20.3 Å². The SMILES string of the molecule is CN=C(NCC1CCN(c2ccc(F)c(F)c2)C1)NC(C)C. The molecule has 4 nitrogen and oxygen atoms in total. The maximum Gasteiger partial charge on any atom is 0.191 e. The van der Waals surface area contributed by atoms with E-state index in [1.807, 2.05) is 0 Å². The number of halogens is 2. The van der Waals surface area contributed by atoms with Crippen molar-refractivity contribution in [2.24, 2.45) is 10.9 Å². The third kappa shape index (κ3) is 4.32. The first kappa shape index (κ1) is 16.5. The number of guanidine groups is 1. The van der Waals surface area contributed by atoms with Gasteiger partial charge < -0.3 is 15.5 Å². The highest BCUT2D eigenvalue weighted by atomic mass is 19.2. The molecule has 1 atom stereocenters. The molecule has 22 heavy (non-hydrogen) atoms. The second-order valence-corrected chi connectivity index (χ2v) is 5.95. The van der Waals surface area contributed by atoms with E-state index in [0.29, 0.717) is 12.0 Å². The van der Waals surface area contributed by atoms with Crippen LogP contribution in [0.5, 0.6) is 0 Å². The Balaban J connectivity index is 1.86. The minimum absolute atomic E-state index is 0.327. The second-order valence-electron chi connectivity index (χ2n) is 5.95. The van der Waals surface area contributed by atoms with E-state index in [1.54, 1.807) is 13.1 Å². The number of anilines is 1. The zero-order valence-electron chi connectivity index (χ0n) is 13.4. The van der Waals surface area contributed by atoms with Gasteiger partial charge in [-0.05, 0) is 38.3 Å². The first-order valence-corrected chi connectivity index (χ1v) is 7.66. The van der Waals surface area contributed by atoms with E-state index in [0.717, 1.165) is 37.7 Å². The minimum Gasteiger partial charge on any atom is -0.371 e. The van der Waals surface area contributed by atoms with Gasteiger partial charge in [0.1, 0.15) is 0 Å². The zero-order valence-corrected chi connectivity index (χ0v) is 13.4. The highest BCUT2D eigenvalue weighted by Gasteiger charge is 2.23. The Kier molecular flexibility index (Phi) is 5.57. The number of aliphatic imine (C=N–C) groups is 1. The van der Waals surface area contributed by atoms with Crippen molar-refractivity contribution in [3.63, 3.8) is 0 Å². The van der Waals surface area contributed by atoms with Gasteiger partial charge in [0.05, 0.1) is 0 Å². The highest BCUT2D eigenvalue weighted by Crippen LogP contribution is 2.24. The Hall–Kier alpha value is -1.85. The Morgan fingerprint density at radius 1 is 1.36 bits per heavy atom. The van der Waals surface area contributed by atoms with Crippen LogP contribution in [0.25, 0.3) is 0 Å². The Labute approximate surface area is 130 Å². The molecule has 1 aliphatic rings. The van der Waals surface area contributed by atoms with Crippen LogP contribution in [-0.2, 0) is 0 Å². The van der Waals surface area contributed by atoms with Gasteiger partial charge in [0, 0.05) is 44.5 Å². The molecule has 2 N–H and O–H groups in total. The molecule has 1 aliphatic heterocycles. The molecule has 1 saturated heterocycles. The van der Waals surface area contributed by atoms with Gasteiger partial charge in [0.25, 0.3) is 0 Å². The number of benzene rings is 1. The lowest BCUT2D eigenvalue weighted by atomic mass is 10.1. The average molecular weight is 310 g/mol. The van der Waals surface area contributed by atoms with Gasteiger partial charge in [-0.15, -0.1) is 0 Å². The van der Waals surface area contributed by atoms with Crippen molar-refractivity contribution in [2.45, 2.75) is 26.3 Å². The lowest BCUT2D eigenvalue weighted by Crippen LogP contribution is -2.43. The summed E-state index contributed by atoms with van der Waals surface area (Å²) in [6.07, 6.45) is 1.02. The number of rotatable bonds is 4. The van der Waals surface area contributed by atoms with E-state index in [9.17, 15) is 8.78 Å². The van der Waals surface area contributed by atoms with Gasteiger partial charge in [-0.2, -0.15) is 0 Å². The molecule has 1 heterocycles. The predicted octanol–water partition coefficient (Wildman–Crippen LogP) is 2.36. The van der Waals surface area contributed by atoms with Gasteiger partial charge >= 0.3 is 0 Å². The molecular weight excluding hydrogens is 286 g/mol. The Bertz CT molecular complexity index is 531. The summed E-state index contributed by atoms with van der Waals surface area (Å²) in [5, 5.41) is 6.56. The van der Waals surface area contributed by atoms with E-state index in [4.69, 9.17) is 0 Å². The lowest BCUT2D eigenvalue weighted by Gasteiger charge is -2.20. The number of hydrogen-bond donors (Lipinski definition) is 2. The molecule has 1 fully saturated rings. The van der Waals surface area contributed by atoms with E-state index >= 15 is 0 Å². The van der Waals surface area contributed by atoms with Gasteiger partial charge in [-0.1, -0.05) is 0 Å². The summed E-state index contributed by atoms with van der Waals surface area (Å²) in [7, 11) is 1.75. The number of hydrogen-bond acceptors (Lipinski definition) is 2. The molecule has 1 aromatic carbocycles. The molecule has 0 aromatic heterocycles. The molecule has 0 aliphatic carbocycles. The van der Waals surface area contributed by atoms with Crippen molar-refractivity contribution in [2.75, 3.05) is 31.6 Å². The van der Waals surface area contributed by atoms with Crippen LogP contribution in [0, 0.1) is 17.6 Å². The summed E-state index contributed by atoms with van der Waals surface area (Å²) < 4.78 is 26.3. The summed E-state index contributed by atoms with van der Waals surface area (Å²) in [5.74, 6) is -0.342. The number of nitrogens with zero attached hydrogens (tertiary/aromatic N) is 2. The van der Waals surface area contributed by atoms with Crippen molar-refractivity contribution in [3.05, 3.63) is 29.8 Å². The van der Waals surface area contributed by atoms with Gasteiger partial charge in [-0.3, -0.25) is 4.99 Å². The molecule has 0 bridgehead atoms. The quantitative estimate of drug-likeness (QED) is 0.662. The first-order chi connectivity index (χ1) is 10.5. The van der Waals surface area contributed by atoms with Crippen molar-refractivity contribution in [1.82, 2.24) is 10.6 Å². The van der Waals surface area contributed by atoms with Crippen LogP contribution in [0.15, 0.2) is 23.2 Å². The molecule has 1 aromatic rings. The number of nitrogens with one attached hydrogen (secondary N) is 2. The molecule has 0 amide bonds. The van der Waals surface area contributed by atoms with Crippen LogP contribution in [0.3, 0.4) is 0 Å². The average Bonchev–Trinajstić information content (AvgIpc) is 2.95. The van der Waals surface area contributed by atoms with Crippen LogP contribution in [-0.4, -0.2) is 38.7 Å². The van der Waals surface area contributed by atoms with Crippen LogP contribution in [0.2, 0.25) is 0 Å². The van der Waals surface area contributed by atoms with Gasteiger partial charge in [-0.25, -0.2) is 8.78 Å². The van der Waals surface area contributed by atoms with E-state index in [-0.39, 0.29) is 0 Å². The van der Waals surface area contributed by atoms with Crippen LogP contribution >= 0.6 is 0 Å². The monoisotopic (exact) mass is 310 g/mol. The minimum atomic E-state index is -0.801. The van der Waals surface area contributed by atoms with E-state index < -0.39 is 11.6 Å². The normalized spacial score (nSPS) is 18.9. The third-order valence-corrected chi connectivity index (χ3v) is 3.76. The summed E-state index contributed by atoms with van der Waals surface area (Å²) in [4.78, 5) is 6.27. The van der Waals surface area contributed by atoms with Crippen molar-refractivity contribution in [3.8, 4) is 0 Å². The summed E-state index contributed by atoms with van der Waals surface area (Å²) in [6, 6.07) is 4.41. The summed E-state index contributed by atoms with van der Waals surface area (Å²) in [6.45, 7) is 6.62. The van der Waals surface area contributed by atoms with Crippen LogP contribution < -0.4 is 15.5 Å². The highest BCUT2D eigenvalue weighted by molar-refractivity contribution is 5.79. The van der Waals surface area contributed by atoms with Crippen molar-refractivity contribution < 1.29 is 8.78 Å². The molecule has 0 spiro atoms. The summed E-state index contributed by atoms with van der Waals surface area (Å²) >= 11 is 0. The maximum absolute atomic E-state index is 13.3. The Morgan fingerprint density at radius 2 is 2.14 bits per heavy atom. The van der Waals surface area contributed by atoms with Gasteiger partial charge in [0.2, 0.25) is 0 Å². The molecule has 122 valence electrons. The lowest BCUT2D eigenvalue weighted by molar-refractivity contribution is 0.508. The smallest absolute Gasteiger partial charge is 0.191 e. The standard InChI is InChI=1S/C16H24F2N4/c1-11(2)21-16(19-3)20-9-12-6-7-22(10-12)13-4-5-14(17)15(18)8-13/h4-5,8,11-12H,6-7,9-10H2,1-3H3,(H2,19,20,21). The fourth-order valence-electron chi connectivity index (χ4n) is 2.62. The largest absolute Gasteiger partial charge is 0.371 e. The van der Waals surface area contributed by atoms with E-state index in [1.165, 1.54) is 12.1 Å². The molecule has 0 saturated carbocycles. The maximum atomic E-state index is 13.3. The topological polar surface area (TPSA) is 39.7 Å². The van der Waals surface area contributed by atoms with Crippen LogP contribution in [0.4, 0.5) is 14.5 Å². The van der Waals surface area contributed by atoms with Crippen molar-refractivity contribution in [1.29, 1.82) is 0 Å². The molecule has 1 unspecified atom stereocenters. The molecule has 0 radical (unpaired) electrons. The fourth-order valence-corrected chi connectivity index (χ4v) is 2.62. The molecular formula is C16H24F2N4. The summed E-state index contributed by atoms with van der Waals surface area (Å²) in [5.41, 5.74) is 0.742. The Morgan fingerprint density at radius 3 is 2.77 bits per heavy atom.